The van der Waals surface area contributed by atoms with E-state index < -0.39 is 5.41 Å². The fraction of sp³-hybridized carbons (Fsp3) is 0.0943. The number of para-hydroxylation sites is 3. The number of rotatable bonds is 3. The van der Waals surface area contributed by atoms with Crippen LogP contribution in [0.3, 0.4) is 0 Å². The second-order valence-corrected chi connectivity index (χ2v) is 15.5. The highest BCUT2D eigenvalue weighted by atomic mass is 15.0. The van der Waals surface area contributed by atoms with Gasteiger partial charge in [0.25, 0.3) is 0 Å². The zero-order chi connectivity index (χ0) is 37.1. The van der Waals surface area contributed by atoms with Crippen LogP contribution in [0.15, 0.2) is 194 Å². The Balaban J connectivity index is 0.000000243. The van der Waals surface area contributed by atoms with E-state index in [9.17, 15) is 0 Å². The molecule has 2 aliphatic rings. The first-order chi connectivity index (χ1) is 27.0. The Hall–Kier alpha value is -6.64. The molecule has 55 heavy (non-hydrogen) atoms. The normalized spacial score (nSPS) is 15.8. The first kappa shape index (κ1) is 33.0. The van der Waals surface area contributed by atoms with Gasteiger partial charge in [-0.05, 0) is 92.4 Å². The van der Waals surface area contributed by atoms with Crippen LogP contribution in [0.4, 0.5) is 5.69 Å². The van der Waals surface area contributed by atoms with Gasteiger partial charge in [0, 0.05) is 21.9 Å². The van der Waals surface area contributed by atoms with Crippen LogP contribution in [-0.2, 0) is 17.3 Å². The summed E-state index contributed by atoms with van der Waals surface area (Å²) in [4.78, 5) is 0. The van der Waals surface area contributed by atoms with Crippen molar-refractivity contribution in [2.45, 2.75) is 31.1 Å². The van der Waals surface area contributed by atoms with E-state index in [4.69, 9.17) is 5.73 Å². The number of nitrogen functional groups attached to an aromatic ring is 1. The summed E-state index contributed by atoms with van der Waals surface area (Å²) < 4.78 is 2.50. The zero-order valence-electron chi connectivity index (χ0n) is 31.2. The predicted molar refractivity (Wildman–Crippen MR) is 230 cm³/mol. The highest BCUT2D eigenvalue weighted by molar-refractivity contribution is 6.12. The van der Waals surface area contributed by atoms with Crippen molar-refractivity contribution in [1.82, 2.24) is 4.57 Å². The number of nitrogens with two attached hydrogens (primary N) is 1. The topological polar surface area (TPSA) is 30.9 Å². The molecule has 1 aromatic heterocycles. The maximum atomic E-state index is 6.28. The maximum Gasteiger partial charge on any atom is 0.0748 e. The molecule has 0 amide bonds. The molecule has 1 unspecified atom stereocenters. The van der Waals surface area contributed by atoms with Crippen molar-refractivity contribution in [2.75, 3.05) is 5.73 Å². The van der Waals surface area contributed by atoms with Gasteiger partial charge in [0.05, 0.1) is 22.1 Å². The number of aromatic nitrogens is 1. The SMILES string of the molecule is CC1(C)c2ccccc2C2(c3ccccc3-n3c4ccccc4c4cccc2c43)c2cc(-c3cccc(N)c3)ccc21.c1ccc(Cc2ccccc2)cc1. The lowest BCUT2D eigenvalue weighted by molar-refractivity contribution is 0.556. The van der Waals surface area contributed by atoms with Crippen molar-refractivity contribution in [3.63, 3.8) is 0 Å². The lowest BCUT2D eigenvalue weighted by Gasteiger charge is -2.50. The van der Waals surface area contributed by atoms with Crippen LogP contribution in [-0.4, -0.2) is 4.57 Å². The first-order valence-corrected chi connectivity index (χ1v) is 19.3. The summed E-state index contributed by atoms with van der Waals surface area (Å²) in [5, 5.41) is 2.59. The van der Waals surface area contributed by atoms with Gasteiger partial charge in [0.15, 0.2) is 0 Å². The van der Waals surface area contributed by atoms with Crippen LogP contribution in [0.2, 0.25) is 0 Å². The fourth-order valence-electron chi connectivity index (χ4n) is 9.65. The summed E-state index contributed by atoms with van der Waals surface area (Å²) in [6.07, 6.45) is 1.03. The zero-order valence-corrected chi connectivity index (χ0v) is 31.2. The van der Waals surface area contributed by atoms with E-state index in [1.807, 2.05) is 12.1 Å². The third kappa shape index (κ3) is 5.02. The van der Waals surface area contributed by atoms with Crippen LogP contribution in [0.1, 0.15) is 58.4 Å². The molecule has 0 saturated carbocycles. The lowest BCUT2D eigenvalue weighted by Crippen LogP contribution is -2.44. The van der Waals surface area contributed by atoms with Gasteiger partial charge in [0.2, 0.25) is 0 Å². The number of nitrogens with zero attached hydrogens (tertiary/aromatic N) is 1. The molecule has 1 atom stereocenters. The molecule has 0 saturated heterocycles. The van der Waals surface area contributed by atoms with E-state index in [0.717, 1.165) is 17.7 Å². The predicted octanol–water partition coefficient (Wildman–Crippen LogP) is 12.6. The van der Waals surface area contributed by atoms with Gasteiger partial charge in [-0.25, -0.2) is 0 Å². The van der Waals surface area contributed by atoms with E-state index in [2.05, 4.69) is 200 Å². The standard InChI is InChI=1S/C40H30N2.C13H12/c1-39(2)30-15-4-5-16-32(30)40(35-24-26(21-22-31(35)39)25-11-9-12-27(41)23-25)33-17-6-8-20-37(33)42-36-19-7-3-13-28(36)29-14-10-18-34(40)38(29)42;1-3-7-12(8-4-1)11-13-9-5-2-6-10-13/h3-24H,41H2,1-2H3;1-10H,11H2. The minimum absolute atomic E-state index is 0.168. The molecular weight excluding hydrogens is 665 g/mol. The molecule has 8 aromatic carbocycles. The Morgan fingerprint density at radius 2 is 1.00 bits per heavy atom. The summed E-state index contributed by atoms with van der Waals surface area (Å²) in [5.74, 6) is 0. The number of benzene rings is 8. The van der Waals surface area contributed by atoms with Crippen LogP contribution in [0, 0.1) is 0 Å². The lowest BCUT2D eigenvalue weighted by atomic mass is 9.53. The van der Waals surface area contributed by atoms with Crippen LogP contribution in [0.25, 0.3) is 38.6 Å². The molecule has 264 valence electrons. The van der Waals surface area contributed by atoms with E-state index in [1.165, 1.54) is 77.6 Å². The Morgan fingerprint density at radius 3 is 1.75 bits per heavy atom. The third-order valence-corrected chi connectivity index (χ3v) is 12.1. The number of fused-ring (bicyclic) bond motifs is 11. The molecule has 2 nitrogen and oxygen atoms in total. The second-order valence-electron chi connectivity index (χ2n) is 15.5. The van der Waals surface area contributed by atoms with Crippen molar-refractivity contribution < 1.29 is 0 Å². The smallest absolute Gasteiger partial charge is 0.0748 e. The molecule has 0 bridgehead atoms. The van der Waals surface area contributed by atoms with E-state index in [-0.39, 0.29) is 5.41 Å². The van der Waals surface area contributed by atoms with Crippen molar-refractivity contribution in [2.24, 2.45) is 0 Å². The highest BCUT2D eigenvalue weighted by Crippen LogP contribution is 2.60. The minimum Gasteiger partial charge on any atom is -0.399 e. The van der Waals surface area contributed by atoms with E-state index in [1.54, 1.807) is 0 Å². The Morgan fingerprint density at radius 1 is 0.436 bits per heavy atom. The van der Waals surface area contributed by atoms with Gasteiger partial charge in [-0.3, -0.25) is 0 Å². The fourth-order valence-corrected chi connectivity index (χ4v) is 9.65. The molecule has 9 aromatic rings. The molecule has 1 aliphatic carbocycles. The molecule has 1 aliphatic heterocycles. The molecule has 2 heterocycles. The van der Waals surface area contributed by atoms with Gasteiger partial charge in [0.1, 0.15) is 0 Å². The maximum absolute atomic E-state index is 6.28. The number of hydrogen-bond acceptors (Lipinski definition) is 1. The molecular formula is C53H42N2. The van der Waals surface area contributed by atoms with Crippen molar-refractivity contribution in [3.8, 4) is 16.8 Å². The Labute approximate surface area is 323 Å². The number of anilines is 1. The Bertz CT molecular complexity index is 2840. The van der Waals surface area contributed by atoms with Crippen molar-refractivity contribution in [3.05, 3.63) is 239 Å². The summed E-state index contributed by atoms with van der Waals surface area (Å²) in [7, 11) is 0. The molecule has 2 N–H and O–H groups in total. The first-order valence-electron chi connectivity index (χ1n) is 19.3. The van der Waals surface area contributed by atoms with Gasteiger partial charge in [-0.15, -0.1) is 0 Å². The van der Waals surface area contributed by atoms with Gasteiger partial charge < -0.3 is 10.3 Å². The minimum atomic E-state index is -0.488. The summed E-state index contributed by atoms with van der Waals surface area (Å²) in [5.41, 5.74) is 23.4. The summed E-state index contributed by atoms with van der Waals surface area (Å²) in [6, 6.07) is 70.4. The average Bonchev–Trinajstić information content (AvgIpc) is 3.57. The summed E-state index contributed by atoms with van der Waals surface area (Å²) in [6.45, 7) is 4.76. The van der Waals surface area contributed by atoms with Crippen LogP contribution >= 0.6 is 0 Å². The van der Waals surface area contributed by atoms with E-state index in [0.29, 0.717) is 0 Å². The average molecular weight is 707 g/mol. The van der Waals surface area contributed by atoms with Gasteiger partial charge >= 0.3 is 0 Å². The van der Waals surface area contributed by atoms with Gasteiger partial charge in [-0.1, -0.05) is 178 Å². The highest BCUT2D eigenvalue weighted by Gasteiger charge is 2.52. The second kappa shape index (κ2) is 12.7. The van der Waals surface area contributed by atoms with E-state index >= 15 is 0 Å². The largest absolute Gasteiger partial charge is 0.399 e. The molecule has 1 spiro atoms. The Kier molecular flexibility index (Phi) is 7.64. The molecule has 11 rings (SSSR count). The molecule has 2 heteroatoms. The molecule has 0 radical (unpaired) electrons. The monoisotopic (exact) mass is 706 g/mol. The van der Waals surface area contributed by atoms with Crippen LogP contribution in [0.5, 0.6) is 0 Å². The number of hydrogen-bond donors (Lipinski definition) is 1. The third-order valence-electron chi connectivity index (χ3n) is 12.1. The van der Waals surface area contributed by atoms with Gasteiger partial charge in [-0.2, -0.15) is 0 Å². The van der Waals surface area contributed by atoms with Crippen molar-refractivity contribution in [1.29, 1.82) is 0 Å². The quantitative estimate of drug-likeness (QED) is 0.182. The van der Waals surface area contributed by atoms with Crippen LogP contribution < -0.4 is 5.73 Å². The van der Waals surface area contributed by atoms with Crippen molar-refractivity contribution >= 4 is 27.5 Å². The summed E-state index contributed by atoms with van der Waals surface area (Å²) >= 11 is 0. The molecule has 0 fully saturated rings.